The summed E-state index contributed by atoms with van der Waals surface area (Å²) in [5.41, 5.74) is 4.63. The van der Waals surface area contributed by atoms with Gasteiger partial charge in [-0.1, -0.05) is 23.7 Å². The Hall–Kier alpha value is -3.50. The molecule has 1 unspecified atom stereocenters. The first-order valence-corrected chi connectivity index (χ1v) is 12.7. The predicted molar refractivity (Wildman–Crippen MR) is 139 cm³/mol. The van der Waals surface area contributed by atoms with Crippen molar-refractivity contribution in [3.05, 3.63) is 58.0 Å². The number of amides is 2. The van der Waals surface area contributed by atoms with Crippen LogP contribution >= 0.6 is 11.6 Å². The number of aryl methyl sites for hydroxylation is 1. The molecule has 1 aromatic carbocycles. The number of nitrogens with zero attached hydrogens (tertiary/aromatic N) is 5. The molecular weight excluding hydrogens is 494 g/mol. The maximum atomic E-state index is 13.2. The number of rotatable bonds is 7. The number of carbonyl (C=O) groups is 2. The number of benzene rings is 1. The van der Waals surface area contributed by atoms with Crippen molar-refractivity contribution < 1.29 is 14.3 Å². The molecule has 0 radical (unpaired) electrons. The van der Waals surface area contributed by atoms with Gasteiger partial charge in [0.2, 0.25) is 11.9 Å². The molecule has 11 heteroatoms. The molecule has 2 aromatic heterocycles. The highest BCUT2D eigenvalue weighted by molar-refractivity contribution is 6.33. The topological polar surface area (TPSA) is 114 Å². The lowest BCUT2D eigenvalue weighted by Gasteiger charge is -2.23. The molecule has 5 rings (SSSR count). The van der Waals surface area contributed by atoms with Crippen LogP contribution in [0.1, 0.15) is 53.0 Å². The van der Waals surface area contributed by atoms with Crippen molar-refractivity contribution in [2.45, 2.75) is 45.3 Å². The van der Waals surface area contributed by atoms with Crippen molar-refractivity contribution in [2.75, 3.05) is 25.1 Å². The van der Waals surface area contributed by atoms with E-state index in [1.807, 2.05) is 33.0 Å². The van der Waals surface area contributed by atoms with Crippen molar-refractivity contribution in [3.8, 4) is 11.3 Å². The molecule has 1 atom stereocenters. The molecule has 2 amide bonds. The van der Waals surface area contributed by atoms with E-state index < -0.39 is 0 Å². The minimum Gasteiger partial charge on any atom is -0.381 e. The molecule has 0 aliphatic carbocycles. The van der Waals surface area contributed by atoms with Crippen LogP contribution in [0.4, 0.5) is 5.95 Å². The zero-order valence-corrected chi connectivity index (χ0v) is 21.9. The van der Waals surface area contributed by atoms with Gasteiger partial charge in [0.15, 0.2) is 0 Å². The number of ether oxygens (including phenoxy) is 1. The van der Waals surface area contributed by atoms with Crippen molar-refractivity contribution in [1.82, 2.24) is 30.0 Å². The smallest absolute Gasteiger partial charge is 0.254 e. The Morgan fingerprint density at radius 2 is 2.05 bits per heavy atom. The molecule has 1 saturated heterocycles. The van der Waals surface area contributed by atoms with Gasteiger partial charge in [0, 0.05) is 55.2 Å². The van der Waals surface area contributed by atoms with Crippen LogP contribution in [0, 0.1) is 6.92 Å². The summed E-state index contributed by atoms with van der Waals surface area (Å²) in [4.78, 5) is 36.4. The second-order valence-electron chi connectivity index (χ2n) is 9.55. The third-order valence-electron chi connectivity index (χ3n) is 7.01. The molecular formula is C26H30ClN7O3. The quantitative estimate of drug-likeness (QED) is 0.488. The first-order chi connectivity index (χ1) is 17.8. The van der Waals surface area contributed by atoms with E-state index in [4.69, 9.17) is 16.3 Å². The van der Waals surface area contributed by atoms with Gasteiger partial charge in [0.05, 0.1) is 29.2 Å². The van der Waals surface area contributed by atoms with Gasteiger partial charge in [-0.15, -0.1) is 0 Å². The zero-order chi connectivity index (χ0) is 26.1. The van der Waals surface area contributed by atoms with Crippen LogP contribution in [0.25, 0.3) is 11.3 Å². The summed E-state index contributed by atoms with van der Waals surface area (Å²) in [6, 6.07) is 5.62. The summed E-state index contributed by atoms with van der Waals surface area (Å²) < 4.78 is 7.18. The molecule has 10 nitrogen and oxygen atoms in total. The largest absolute Gasteiger partial charge is 0.381 e. The molecule has 2 N–H and O–H groups in total. The van der Waals surface area contributed by atoms with E-state index in [9.17, 15) is 9.59 Å². The first-order valence-electron chi connectivity index (χ1n) is 12.4. The molecule has 37 heavy (non-hydrogen) atoms. The number of anilines is 1. The predicted octanol–water partition coefficient (Wildman–Crippen LogP) is 3.26. The second-order valence-corrected chi connectivity index (χ2v) is 9.96. The molecule has 4 heterocycles. The fourth-order valence-electron chi connectivity index (χ4n) is 4.78. The Balaban J connectivity index is 1.27. The average Bonchev–Trinajstić information content (AvgIpc) is 3.38. The Morgan fingerprint density at radius 3 is 2.78 bits per heavy atom. The standard InChI is InChI=1S/C26H30ClN7O3/c1-15(21-11-29-33(3)16(21)2)30-23(35)14-34-13-18-5-4-17(10-20(18)25(34)36)24-22(27)12-28-26(32-24)31-19-6-8-37-9-7-19/h4-5,10-12,15,19H,6-9,13-14H2,1-3H3,(H,30,35)(H,28,31,32). The molecule has 0 saturated carbocycles. The SMILES string of the molecule is Cc1c(C(C)NC(=O)CN2Cc3ccc(-c4nc(NC5CCOCC5)ncc4Cl)cc3C2=O)cnn1C. The lowest BCUT2D eigenvalue weighted by Crippen LogP contribution is -2.38. The highest BCUT2D eigenvalue weighted by Gasteiger charge is 2.30. The summed E-state index contributed by atoms with van der Waals surface area (Å²) in [6.45, 7) is 5.63. The van der Waals surface area contributed by atoms with Crippen molar-refractivity contribution in [3.63, 3.8) is 0 Å². The van der Waals surface area contributed by atoms with E-state index in [1.54, 1.807) is 28.0 Å². The highest BCUT2D eigenvalue weighted by Crippen LogP contribution is 2.31. The molecule has 0 spiro atoms. The molecule has 1 fully saturated rings. The maximum Gasteiger partial charge on any atom is 0.254 e. The summed E-state index contributed by atoms with van der Waals surface area (Å²) in [7, 11) is 1.86. The Bertz CT molecular complexity index is 1340. The van der Waals surface area contributed by atoms with Gasteiger partial charge in [-0.05, 0) is 38.3 Å². The third-order valence-corrected chi connectivity index (χ3v) is 7.29. The molecule has 194 valence electrons. The van der Waals surface area contributed by atoms with Gasteiger partial charge in [0.25, 0.3) is 5.91 Å². The number of hydrogen-bond acceptors (Lipinski definition) is 7. The Morgan fingerprint density at radius 1 is 1.27 bits per heavy atom. The van der Waals surface area contributed by atoms with Crippen molar-refractivity contribution >= 4 is 29.4 Å². The van der Waals surface area contributed by atoms with Gasteiger partial charge >= 0.3 is 0 Å². The van der Waals surface area contributed by atoms with E-state index in [1.165, 1.54) is 0 Å². The number of hydrogen-bond donors (Lipinski definition) is 2. The van der Waals surface area contributed by atoms with Crippen molar-refractivity contribution in [2.24, 2.45) is 7.05 Å². The van der Waals surface area contributed by atoms with Crippen molar-refractivity contribution in [1.29, 1.82) is 0 Å². The molecule has 2 aliphatic heterocycles. The van der Waals surface area contributed by atoms with E-state index in [0.29, 0.717) is 42.0 Å². The fraction of sp³-hybridized carbons (Fsp3) is 0.423. The number of aromatic nitrogens is 4. The van der Waals surface area contributed by atoms with Crippen LogP contribution in [-0.2, 0) is 23.1 Å². The first kappa shape index (κ1) is 25.2. The van der Waals surface area contributed by atoms with Gasteiger partial charge in [0.1, 0.15) is 6.54 Å². The third kappa shape index (κ3) is 5.30. The van der Waals surface area contributed by atoms with Gasteiger partial charge < -0.3 is 20.3 Å². The number of carbonyl (C=O) groups excluding carboxylic acids is 2. The monoisotopic (exact) mass is 523 g/mol. The van der Waals surface area contributed by atoms with E-state index in [0.717, 1.165) is 35.2 Å². The number of nitrogens with one attached hydrogen (secondary N) is 2. The summed E-state index contributed by atoms with van der Waals surface area (Å²) in [5.74, 6) is 0.0807. The summed E-state index contributed by atoms with van der Waals surface area (Å²) >= 11 is 6.44. The second kappa shape index (κ2) is 10.5. The fourth-order valence-corrected chi connectivity index (χ4v) is 4.98. The minimum atomic E-state index is -0.222. The Kier molecular flexibility index (Phi) is 7.12. The van der Waals surface area contributed by atoms with E-state index in [-0.39, 0.29) is 30.4 Å². The lowest BCUT2D eigenvalue weighted by atomic mass is 10.0. The van der Waals surface area contributed by atoms with Crippen LogP contribution in [-0.4, -0.2) is 62.3 Å². The zero-order valence-electron chi connectivity index (χ0n) is 21.1. The number of halogens is 1. The maximum absolute atomic E-state index is 13.2. The normalized spacial score (nSPS) is 16.5. The minimum absolute atomic E-state index is 0.0278. The van der Waals surface area contributed by atoms with Crippen LogP contribution in [0.5, 0.6) is 0 Å². The summed E-state index contributed by atoms with van der Waals surface area (Å²) in [6.07, 6.45) is 5.10. The average molecular weight is 524 g/mol. The Labute approximate surface area is 220 Å². The number of fused-ring (bicyclic) bond motifs is 1. The van der Waals surface area contributed by atoms with Gasteiger partial charge in [-0.3, -0.25) is 14.3 Å². The highest BCUT2D eigenvalue weighted by atomic mass is 35.5. The lowest BCUT2D eigenvalue weighted by molar-refractivity contribution is -0.122. The van der Waals surface area contributed by atoms with Crippen LogP contribution in [0.3, 0.4) is 0 Å². The van der Waals surface area contributed by atoms with E-state index >= 15 is 0 Å². The van der Waals surface area contributed by atoms with Crippen LogP contribution in [0.2, 0.25) is 5.02 Å². The van der Waals surface area contributed by atoms with E-state index in [2.05, 4.69) is 25.7 Å². The summed E-state index contributed by atoms with van der Waals surface area (Å²) in [5, 5.41) is 11.0. The molecule has 0 bridgehead atoms. The molecule has 3 aromatic rings. The molecule has 2 aliphatic rings. The van der Waals surface area contributed by atoms with Gasteiger partial charge in [-0.2, -0.15) is 5.10 Å². The van der Waals surface area contributed by atoms with Crippen LogP contribution in [0.15, 0.2) is 30.6 Å². The van der Waals surface area contributed by atoms with Crippen LogP contribution < -0.4 is 10.6 Å². The van der Waals surface area contributed by atoms with Gasteiger partial charge in [-0.25, -0.2) is 9.97 Å².